The number of primary amides is 1. The number of aromatic nitrogens is 1. The number of rotatable bonds is 6. The van der Waals surface area contributed by atoms with Crippen molar-refractivity contribution in [2.75, 3.05) is 43.0 Å². The summed E-state index contributed by atoms with van der Waals surface area (Å²) < 4.78 is 25.2. The van der Waals surface area contributed by atoms with Crippen LogP contribution < -0.4 is 20.7 Å². The van der Waals surface area contributed by atoms with Crippen molar-refractivity contribution in [1.82, 2.24) is 9.88 Å². The molecule has 0 bridgehead atoms. The van der Waals surface area contributed by atoms with Gasteiger partial charge in [-0.15, -0.1) is 0 Å². The number of nitrogens with one attached hydrogen (secondary N) is 1. The first-order valence-corrected chi connectivity index (χ1v) is 12.7. The largest absolute Gasteiger partial charge is 0.492 e. The molecule has 4 rings (SSSR count). The summed E-state index contributed by atoms with van der Waals surface area (Å²) >= 11 is 5.97. The molecule has 2 amide bonds. The maximum atomic E-state index is 13.7. The van der Waals surface area contributed by atoms with Crippen molar-refractivity contribution in [3.05, 3.63) is 52.9 Å². The number of benzene rings is 2. The van der Waals surface area contributed by atoms with Crippen LogP contribution >= 0.6 is 11.6 Å². The fraction of sp³-hybridized carbons (Fsp3) is 0.370. The van der Waals surface area contributed by atoms with Gasteiger partial charge in [0, 0.05) is 49.5 Å². The maximum absolute atomic E-state index is 13.7. The zero-order valence-corrected chi connectivity index (χ0v) is 22.6. The lowest BCUT2D eigenvalue weighted by Crippen LogP contribution is -2.50. The number of pyridine rings is 1. The lowest BCUT2D eigenvalue weighted by atomic mass is 10.1. The van der Waals surface area contributed by atoms with Crippen LogP contribution in [0.2, 0.25) is 5.02 Å². The van der Waals surface area contributed by atoms with Gasteiger partial charge in [0.2, 0.25) is 0 Å². The summed E-state index contributed by atoms with van der Waals surface area (Å²) in [5.41, 5.74) is 7.52. The Morgan fingerprint density at radius 2 is 1.87 bits per heavy atom. The minimum absolute atomic E-state index is 0.0591. The van der Waals surface area contributed by atoms with Crippen molar-refractivity contribution in [3.8, 4) is 5.75 Å². The molecule has 2 heterocycles. The lowest BCUT2D eigenvalue weighted by molar-refractivity contribution is 0.0240. The zero-order chi connectivity index (χ0) is 27.6. The Morgan fingerprint density at radius 1 is 1.16 bits per heavy atom. The van der Waals surface area contributed by atoms with Gasteiger partial charge >= 0.3 is 6.09 Å². The average molecular weight is 544 g/mol. The number of piperazine rings is 1. The van der Waals surface area contributed by atoms with Gasteiger partial charge in [-0.05, 0) is 52.0 Å². The highest BCUT2D eigenvalue weighted by molar-refractivity contribution is 6.31. The van der Waals surface area contributed by atoms with Crippen molar-refractivity contribution in [1.29, 1.82) is 0 Å². The second-order valence-corrected chi connectivity index (χ2v) is 10.3. The van der Waals surface area contributed by atoms with Crippen molar-refractivity contribution in [2.24, 2.45) is 5.73 Å². The number of carbonyl (C=O) groups excluding carboxylic acids is 2. The summed E-state index contributed by atoms with van der Waals surface area (Å²) in [7, 11) is 0. The van der Waals surface area contributed by atoms with E-state index in [1.165, 1.54) is 24.4 Å². The fourth-order valence-electron chi connectivity index (χ4n) is 4.22. The quantitative estimate of drug-likeness (QED) is 0.432. The van der Waals surface area contributed by atoms with Gasteiger partial charge in [0.25, 0.3) is 5.91 Å². The average Bonchev–Trinajstić information content (AvgIpc) is 2.85. The summed E-state index contributed by atoms with van der Waals surface area (Å²) in [6.07, 6.45) is 1.05. The summed E-state index contributed by atoms with van der Waals surface area (Å²) in [6.45, 7) is 9.88. The van der Waals surface area contributed by atoms with E-state index in [1.807, 2.05) is 39.8 Å². The van der Waals surface area contributed by atoms with Crippen molar-refractivity contribution in [2.45, 2.75) is 33.3 Å². The number of anilines is 3. The number of halogens is 2. The minimum Gasteiger partial charge on any atom is -0.492 e. The van der Waals surface area contributed by atoms with Gasteiger partial charge in [0.1, 0.15) is 17.2 Å². The van der Waals surface area contributed by atoms with Crippen molar-refractivity contribution < 1.29 is 23.5 Å². The van der Waals surface area contributed by atoms with Gasteiger partial charge in [0.15, 0.2) is 0 Å². The third-order valence-electron chi connectivity index (χ3n) is 5.97. The van der Waals surface area contributed by atoms with Gasteiger partial charge in [-0.25, -0.2) is 9.18 Å². The number of nitrogens with zero attached hydrogens (tertiary/aromatic N) is 3. The number of carbonyl (C=O) groups is 2. The summed E-state index contributed by atoms with van der Waals surface area (Å²) in [5, 5.41) is 3.73. The molecule has 3 N–H and O–H groups in total. The Kier molecular flexibility index (Phi) is 7.82. The molecule has 0 unspecified atom stereocenters. The maximum Gasteiger partial charge on any atom is 0.410 e. The number of hydrogen-bond acceptors (Lipinski definition) is 7. The molecule has 0 saturated carbocycles. The lowest BCUT2D eigenvalue weighted by Gasteiger charge is -2.37. The highest BCUT2D eigenvalue weighted by atomic mass is 35.5. The van der Waals surface area contributed by atoms with Crippen molar-refractivity contribution >= 4 is 51.6 Å². The zero-order valence-electron chi connectivity index (χ0n) is 21.8. The first-order chi connectivity index (χ1) is 18.0. The van der Waals surface area contributed by atoms with Crippen LogP contribution in [-0.2, 0) is 4.74 Å². The molecule has 38 heavy (non-hydrogen) atoms. The molecular weight excluding hydrogens is 513 g/mol. The monoisotopic (exact) mass is 543 g/mol. The van der Waals surface area contributed by atoms with E-state index < -0.39 is 17.3 Å². The molecule has 0 radical (unpaired) electrons. The molecule has 1 fully saturated rings. The topological polar surface area (TPSA) is 110 Å². The molecule has 1 aromatic heterocycles. The summed E-state index contributed by atoms with van der Waals surface area (Å²) in [5.74, 6) is -0.599. The molecule has 1 saturated heterocycles. The van der Waals surface area contributed by atoms with E-state index >= 15 is 0 Å². The van der Waals surface area contributed by atoms with Crippen LogP contribution in [-0.4, -0.2) is 60.3 Å². The molecule has 0 spiro atoms. The van der Waals surface area contributed by atoms with E-state index in [0.717, 1.165) is 5.69 Å². The Morgan fingerprint density at radius 3 is 2.47 bits per heavy atom. The smallest absolute Gasteiger partial charge is 0.410 e. The summed E-state index contributed by atoms with van der Waals surface area (Å²) in [4.78, 5) is 33.1. The van der Waals surface area contributed by atoms with E-state index in [0.29, 0.717) is 60.8 Å². The van der Waals surface area contributed by atoms with E-state index in [2.05, 4.69) is 15.2 Å². The molecule has 0 atom stereocenters. The molecule has 0 aliphatic carbocycles. The normalized spacial score (nSPS) is 13.9. The Hall–Kier alpha value is -3.79. The number of hydrogen-bond donors (Lipinski definition) is 2. The van der Waals surface area contributed by atoms with Gasteiger partial charge in [-0.1, -0.05) is 11.6 Å². The molecule has 2 aromatic carbocycles. The SMILES string of the molecule is CCOc1cc2ncc(C(N)=O)c(Nc3ccc(F)c(Cl)c3)c2cc1N1CCN(C(=O)OC(C)(C)C)CC1. The fourth-order valence-corrected chi connectivity index (χ4v) is 4.40. The predicted molar refractivity (Wildman–Crippen MR) is 146 cm³/mol. The molecule has 202 valence electrons. The number of nitrogens with two attached hydrogens (primary N) is 1. The van der Waals surface area contributed by atoms with Gasteiger partial charge in [0.05, 0.1) is 34.1 Å². The molecule has 11 heteroatoms. The van der Waals surface area contributed by atoms with Crippen LogP contribution in [0, 0.1) is 5.82 Å². The van der Waals surface area contributed by atoms with Gasteiger partial charge in [-0.2, -0.15) is 0 Å². The summed E-state index contributed by atoms with van der Waals surface area (Å²) in [6, 6.07) is 7.88. The number of ether oxygens (including phenoxy) is 2. The van der Waals surface area contributed by atoms with Crippen LogP contribution in [0.3, 0.4) is 0 Å². The molecular formula is C27H31ClFN5O4. The molecule has 9 nitrogen and oxygen atoms in total. The van der Waals surface area contributed by atoms with Crippen LogP contribution in [0.15, 0.2) is 36.5 Å². The highest BCUT2D eigenvalue weighted by Crippen LogP contribution is 2.38. The third kappa shape index (κ3) is 6.02. The van der Waals surface area contributed by atoms with Crippen molar-refractivity contribution in [3.63, 3.8) is 0 Å². The van der Waals surface area contributed by atoms with E-state index in [4.69, 9.17) is 26.8 Å². The first-order valence-electron chi connectivity index (χ1n) is 12.3. The number of fused-ring (bicyclic) bond motifs is 1. The van der Waals surface area contributed by atoms with Crippen LogP contribution in [0.1, 0.15) is 38.1 Å². The molecule has 3 aromatic rings. The number of amides is 2. The minimum atomic E-state index is -0.670. The van der Waals surface area contributed by atoms with Crippen LogP contribution in [0.25, 0.3) is 10.9 Å². The van der Waals surface area contributed by atoms with E-state index in [1.54, 1.807) is 4.90 Å². The first kappa shape index (κ1) is 27.3. The second kappa shape index (κ2) is 10.9. The molecule has 1 aliphatic heterocycles. The van der Waals surface area contributed by atoms with Crippen LogP contribution in [0.4, 0.5) is 26.2 Å². The molecule has 1 aliphatic rings. The Labute approximate surface area is 225 Å². The standard InChI is InChI=1S/C27H31ClFN5O4/c1-5-37-23-14-21-17(13-22(23)33-8-10-34(11-9-33)26(36)38-27(2,3)4)24(18(15-31-21)25(30)35)32-16-6-7-20(29)19(28)12-16/h6-7,12-15H,5,8-11H2,1-4H3,(H2,30,35)(H,31,32). The second-order valence-electron chi connectivity index (χ2n) is 9.89. The van der Waals surface area contributed by atoms with E-state index in [9.17, 15) is 14.0 Å². The van der Waals surface area contributed by atoms with Gasteiger partial charge in [-0.3, -0.25) is 9.78 Å². The Balaban J connectivity index is 1.73. The third-order valence-corrected chi connectivity index (χ3v) is 6.26. The van der Waals surface area contributed by atoms with E-state index in [-0.39, 0.29) is 16.7 Å². The van der Waals surface area contributed by atoms with Gasteiger partial charge < -0.3 is 30.3 Å². The van der Waals surface area contributed by atoms with Crippen LogP contribution in [0.5, 0.6) is 5.75 Å². The Bertz CT molecular complexity index is 1370. The predicted octanol–water partition coefficient (Wildman–Crippen LogP) is 5.33. The highest BCUT2D eigenvalue weighted by Gasteiger charge is 2.28.